The molecular weight excluding hydrogens is 310 g/mol. The van der Waals surface area contributed by atoms with Gasteiger partial charge in [-0.25, -0.2) is 0 Å². The van der Waals surface area contributed by atoms with E-state index in [4.69, 9.17) is 0 Å². The SMILES string of the molecule is CC(C)[N-]C[C@H](O)C(C)C.[W]. The van der Waals surface area contributed by atoms with Gasteiger partial charge < -0.3 is 10.4 Å². The third kappa shape index (κ3) is 8.52. The van der Waals surface area contributed by atoms with Crippen LogP contribution < -0.4 is 0 Å². The maximum atomic E-state index is 9.28. The maximum absolute atomic E-state index is 9.28. The fourth-order valence-electron chi connectivity index (χ4n) is 0.530. The quantitative estimate of drug-likeness (QED) is 0.839. The number of hydrogen-bond donors (Lipinski definition) is 1. The minimum Gasteiger partial charge on any atom is -0.658 e. The van der Waals surface area contributed by atoms with E-state index < -0.39 is 0 Å². The molecule has 0 aliphatic heterocycles. The fourth-order valence-corrected chi connectivity index (χ4v) is 0.530. The Labute approximate surface area is 84.0 Å². The third-order valence-electron chi connectivity index (χ3n) is 1.43. The molecule has 0 radical (unpaired) electrons. The summed E-state index contributed by atoms with van der Waals surface area (Å²) in [7, 11) is 0. The summed E-state index contributed by atoms with van der Waals surface area (Å²) in [6, 6.07) is 0.341. The van der Waals surface area contributed by atoms with Crippen LogP contribution in [-0.4, -0.2) is 23.8 Å². The summed E-state index contributed by atoms with van der Waals surface area (Å²) in [5, 5.41) is 13.5. The van der Waals surface area contributed by atoms with Gasteiger partial charge in [0.25, 0.3) is 0 Å². The Hall–Kier alpha value is 0.608. The largest absolute Gasteiger partial charge is 0.658 e. The van der Waals surface area contributed by atoms with Crippen molar-refractivity contribution in [3.05, 3.63) is 5.32 Å². The van der Waals surface area contributed by atoms with Crippen molar-refractivity contribution in [2.45, 2.75) is 39.8 Å². The minimum atomic E-state index is -0.262. The molecule has 0 amide bonds. The van der Waals surface area contributed by atoms with Gasteiger partial charge in [0.15, 0.2) is 0 Å². The summed E-state index contributed by atoms with van der Waals surface area (Å²) in [6.45, 7) is 8.62. The zero-order chi connectivity index (χ0) is 8.15. The second kappa shape index (κ2) is 7.27. The monoisotopic (exact) mass is 328 g/mol. The van der Waals surface area contributed by atoms with Crippen molar-refractivity contribution in [2.24, 2.45) is 5.92 Å². The van der Waals surface area contributed by atoms with E-state index >= 15 is 0 Å². The number of nitrogens with zero attached hydrogens (tertiary/aromatic N) is 1. The fraction of sp³-hybridized carbons (Fsp3) is 1.00. The molecule has 0 spiro atoms. The zero-order valence-electron chi connectivity index (χ0n) is 7.74. The third-order valence-corrected chi connectivity index (χ3v) is 1.43. The van der Waals surface area contributed by atoms with Gasteiger partial charge in [-0.2, -0.15) is 0 Å². The van der Waals surface area contributed by atoms with Crippen LogP contribution in [0.1, 0.15) is 27.7 Å². The number of aliphatic hydroxyl groups excluding tert-OH is 1. The van der Waals surface area contributed by atoms with E-state index in [-0.39, 0.29) is 27.2 Å². The van der Waals surface area contributed by atoms with Gasteiger partial charge in [-0.05, 0) is 5.92 Å². The van der Waals surface area contributed by atoms with E-state index in [0.29, 0.717) is 18.5 Å². The topological polar surface area (TPSA) is 34.3 Å². The molecule has 0 aromatic rings. The number of aliphatic hydroxyl groups is 1. The average molecular weight is 328 g/mol. The van der Waals surface area contributed by atoms with Crippen LogP contribution >= 0.6 is 0 Å². The van der Waals surface area contributed by atoms with E-state index in [1.54, 1.807) is 0 Å². The predicted molar refractivity (Wildman–Crippen MR) is 44.2 cm³/mol. The number of hydrogen-bond acceptors (Lipinski definition) is 1. The zero-order valence-corrected chi connectivity index (χ0v) is 10.7. The normalized spacial score (nSPS) is 13.4. The van der Waals surface area contributed by atoms with Crippen LogP contribution in [0.3, 0.4) is 0 Å². The first kappa shape index (κ1) is 14.2. The van der Waals surface area contributed by atoms with Crippen LogP contribution in [0.2, 0.25) is 0 Å². The summed E-state index contributed by atoms with van der Waals surface area (Å²) in [6.07, 6.45) is -0.262. The van der Waals surface area contributed by atoms with Crippen molar-refractivity contribution in [1.29, 1.82) is 0 Å². The molecule has 1 atom stereocenters. The molecule has 0 aromatic heterocycles. The van der Waals surface area contributed by atoms with Gasteiger partial charge in [0.1, 0.15) is 0 Å². The number of rotatable bonds is 4. The molecule has 0 rings (SSSR count). The van der Waals surface area contributed by atoms with E-state index in [9.17, 15) is 5.11 Å². The predicted octanol–water partition coefficient (Wildman–Crippen LogP) is 1.78. The molecule has 3 heteroatoms. The second-order valence-electron chi connectivity index (χ2n) is 3.27. The Kier molecular flexibility index (Phi) is 9.35. The van der Waals surface area contributed by atoms with Crippen molar-refractivity contribution in [1.82, 2.24) is 0 Å². The van der Waals surface area contributed by atoms with Crippen LogP contribution in [0.25, 0.3) is 5.32 Å². The maximum Gasteiger partial charge on any atom is 0.0376 e. The first-order valence-corrected chi connectivity index (χ1v) is 3.88. The molecule has 68 valence electrons. The molecule has 0 aromatic carbocycles. The van der Waals surface area contributed by atoms with Gasteiger partial charge >= 0.3 is 0 Å². The minimum absolute atomic E-state index is 0. The first-order chi connectivity index (χ1) is 4.54. The van der Waals surface area contributed by atoms with E-state index in [1.165, 1.54) is 0 Å². The van der Waals surface area contributed by atoms with Crippen LogP contribution in [0, 0.1) is 5.92 Å². The Bertz CT molecular complexity index is 86.2. The first-order valence-electron chi connectivity index (χ1n) is 3.88. The van der Waals surface area contributed by atoms with Crippen LogP contribution in [0.15, 0.2) is 0 Å². The Morgan fingerprint density at radius 3 is 1.91 bits per heavy atom. The summed E-state index contributed by atoms with van der Waals surface area (Å²) >= 11 is 0. The molecule has 0 saturated carbocycles. The Morgan fingerprint density at radius 1 is 1.18 bits per heavy atom. The van der Waals surface area contributed by atoms with Crippen molar-refractivity contribution in [2.75, 3.05) is 6.54 Å². The summed E-state index contributed by atoms with van der Waals surface area (Å²) in [4.78, 5) is 0. The molecule has 11 heavy (non-hydrogen) atoms. The molecule has 2 nitrogen and oxygen atoms in total. The smallest absolute Gasteiger partial charge is 0.0376 e. The summed E-state index contributed by atoms with van der Waals surface area (Å²) < 4.78 is 0. The molecular formula is C8H18NOW-. The van der Waals surface area contributed by atoms with Gasteiger partial charge in [0, 0.05) is 27.2 Å². The molecule has 0 saturated heterocycles. The Morgan fingerprint density at radius 2 is 1.64 bits per heavy atom. The average Bonchev–Trinajstić information content (AvgIpc) is 1.82. The van der Waals surface area contributed by atoms with Gasteiger partial charge in [-0.15, -0.1) is 12.6 Å². The molecule has 1 N–H and O–H groups in total. The van der Waals surface area contributed by atoms with Gasteiger partial charge in [-0.1, -0.05) is 27.7 Å². The van der Waals surface area contributed by atoms with Gasteiger partial charge in [0.2, 0.25) is 0 Å². The van der Waals surface area contributed by atoms with E-state index in [2.05, 4.69) is 5.32 Å². The molecule has 0 aliphatic rings. The molecule has 0 aliphatic carbocycles. The Balaban J connectivity index is 0. The van der Waals surface area contributed by atoms with Crippen molar-refractivity contribution < 1.29 is 26.2 Å². The van der Waals surface area contributed by atoms with Crippen molar-refractivity contribution >= 4 is 0 Å². The van der Waals surface area contributed by atoms with Crippen LogP contribution in [0.4, 0.5) is 0 Å². The van der Waals surface area contributed by atoms with Crippen molar-refractivity contribution in [3.63, 3.8) is 0 Å². The van der Waals surface area contributed by atoms with Gasteiger partial charge in [-0.3, -0.25) is 0 Å². The molecule has 0 bridgehead atoms. The van der Waals surface area contributed by atoms with E-state index in [1.807, 2.05) is 27.7 Å². The summed E-state index contributed by atoms with van der Waals surface area (Å²) in [5.41, 5.74) is 0. The molecule has 0 fully saturated rings. The van der Waals surface area contributed by atoms with Crippen LogP contribution in [-0.2, 0) is 21.1 Å². The second-order valence-corrected chi connectivity index (χ2v) is 3.27. The van der Waals surface area contributed by atoms with Crippen LogP contribution in [0.5, 0.6) is 0 Å². The van der Waals surface area contributed by atoms with Crippen molar-refractivity contribution in [3.8, 4) is 0 Å². The molecule has 0 unspecified atom stereocenters. The summed E-state index contributed by atoms with van der Waals surface area (Å²) in [5.74, 6) is 0.322. The van der Waals surface area contributed by atoms with Gasteiger partial charge in [0.05, 0.1) is 0 Å². The standard InChI is InChI=1S/C8H18NO.W/c1-6(2)8(10)5-9-7(3)4;/h6-8,10H,5H2,1-4H3;/q-1;/t8-;/m0./s1. The van der Waals surface area contributed by atoms with E-state index in [0.717, 1.165) is 0 Å². The molecule has 0 heterocycles.